The van der Waals surface area contributed by atoms with Crippen molar-refractivity contribution in [3.8, 4) is 0 Å². The number of hydrogen-bond acceptors (Lipinski definition) is 2. The third-order valence-corrected chi connectivity index (χ3v) is 1.63. The van der Waals surface area contributed by atoms with Gasteiger partial charge in [-0.1, -0.05) is 0 Å². The molecular formula is C7H12N4. The molecule has 0 heterocycles. The second-order valence-electron chi connectivity index (χ2n) is 2.52. The quantitative estimate of drug-likeness (QED) is 0.367. The molecule has 11 heavy (non-hydrogen) atoms. The number of nitrogens with one attached hydrogen (secondary N) is 1. The van der Waals surface area contributed by atoms with Crippen molar-refractivity contribution in [2.75, 3.05) is 0 Å². The van der Waals surface area contributed by atoms with Gasteiger partial charge in [0.05, 0.1) is 6.04 Å². The van der Waals surface area contributed by atoms with Crippen LogP contribution in [-0.2, 0) is 0 Å². The van der Waals surface area contributed by atoms with Crippen molar-refractivity contribution < 1.29 is 0 Å². The fraction of sp³-hybridized carbons (Fsp3) is 0.571. The number of aliphatic imine (C=N–C) groups is 1. The van der Waals surface area contributed by atoms with Crippen molar-refractivity contribution in [1.82, 2.24) is 5.01 Å². The molecule has 1 aliphatic rings. The number of nitrogens with zero attached hydrogens (tertiary/aromatic N) is 3. The van der Waals surface area contributed by atoms with Gasteiger partial charge in [0.25, 0.3) is 0 Å². The highest BCUT2D eigenvalue weighted by molar-refractivity contribution is 5.86. The molecule has 4 heteroatoms. The summed E-state index contributed by atoms with van der Waals surface area (Å²) in [4.78, 5) is 3.81. The molecule has 1 aliphatic carbocycles. The van der Waals surface area contributed by atoms with Gasteiger partial charge in [-0.2, -0.15) is 5.10 Å². The van der Waals surface area contributed by atoms with E-state index in [1.165, 1.54) is 0 Å². The number of hydrogen-bond donors (Lipinski definition) is 1. The first kappa shape index (κ1) is 7.91. The summed E-state index contributed by atoms with van der Waals surface area (Å²) >= 11 is 0. The zero-order valence-corrected chi connectivity index (χ0v) is 6.62. The Labute approximate surface area is 66.1 Å². The summed E-state index contributed by atoms with van der Waals surface area (Å²) < 4.78 is 0. The molecule has 1 rings (SSSR count). The van der Waals surface area contributed by atoms with Gasteiger partial charge < -0.3 is 0 Å². The number of amidine groups is 1. The Morgan fingerprint density at radius 3 is 2.73 bits per heavy atom. The van der Waals surface area contributed by atoms with Crippen molar-refractivity contribution in [3.63, 3.8) is 0 Å². The van der Waals surface area contributed by atoms with E-state index < -0.39 is 0 Å². The Morgan fingerprint density at radius 1 is 1.73 bits per heavy atom. The average Bonchev–Trinajstić information content (AvgIpc) is 2.73. The Balaban J connectivity index is 2.59. The van der Waals surface area contributed by atoms with E-state index in [4.69, 9.17) is 5.41 Å². The lowest BCUT2D eigenvalue weighted by molar-refractivity contribution is 0.437. The molecule has 0 radical (unpaired) electrons. The van der Waals surface area contributed by atoms with Crippen molar-refractivity contribution in [1.29, 1.82) is 5.41 Å². The fourth-order valence-corrected chi connectivity index (χ4v) is 0.954. The second kappa shape index (κ2) is 3.27. The van der Waals surface area contributed by atoms with E-state index >= 15 is 0 Å². The highest BCUT2D eigenvalue weighted by Crippen LogP contribution is 2.26. The van der Waals surface area contributed by atoms with Crippen LogP contribution in [0.2, 0.25) is 0 Å². The molecule has 0 aromatic carbocycles. The first-order chi connectivity index (χ1) is 5.29. The molecule has 0 amide bonds. The van der Waals surface area contributed by atoms with E-state index in [2.05, 4.69) is 16.8 Å². The Morgan fingerprint density at radius 2 is 2.36 bits per heavy atom. The molecule has 0 aromatic rings. The molecule has 0 bridgehead atoms. The highest BCUT2D eigenvalue weighted by Gasteiger charge is 2.29. The molecule has 4 nitrogen and oxygen atoms in total. The fourth-order valence-electron chi connectivity index (χ4n) is 0.954. The Kier molecular flexibility index (Phi) is 2.36. The first-order valence-electron chi connectivity index (χ1n) is 3.59. The number of hydrazone groups is 1. The summed E-state index contributed by atoms with van der Waals surface area (Å²) in [6.45, 7) is 5.28. The second-order valence-corrected chi connectivity index (χ2v) is 2.52. The van der Waals surface area contributed by atoms with Gasteiger partial charge in [0.1, 0.15) is 12.2 Å². The molecule has 0 unspecified atom stereocenters. The predicted molar refractivity (Wildman–Crippen MR) is 46.3 cm³/mol. The van der Waals surface area contributed by atoms with Gasteiger partial charge >= 0.3 is 0 Å². The normalized spacial score (nSPS) is 17.7. The monoisotopic (exact) mass is 152 g/mol. The maximum absolute atomic E-state index is 6.76. The van der Waals surface area contributed by atoms with Gasteiger partial charge in [-0.3, -0.25) is 5.41 Å². The summed E-state index contributed by atoms with van der Waals surface area (Å²) in [6, 6.07) is 0.483. The smallest absolute Gasteiger partial charge is 0.124 e. The zero-order chi connectivity index (χ0) is 8.27. The summed E-state index contributed by atoms with van der Waals surface area (Å²) in [5, 5.41) is 12.3. The lowest BCUT2D eigenvalue weighted by Gasteiger charge is -2.15. The van der Waals surface area contributed by atoms with E-state index in [0.717, 1.165) is 25.0 Å². The molecule has 0 aliphatic heterocycles. The Hall–Kier alpha value is -1.19. The third-order valence-electron chi connectivity index (χ3n) is 1.63. The van der Waals surface area contributed by atoms with E-state index in [1.54, 1.807) is 5.01 Å². The molecule has 0 atom stereocenters. The van der Waals surface area contributed by atoms with Gasteiger partial charge in [-0.25, -0.2) is 10.0 Å². The van der Waals surface area contributed by atoms with Crippen LogP contribution in [-0.4, -0.2) is 29.9 Å². The van der Waals surface area contributed by atoms with Crippen molar-refractivity contribution in [3.05, 3.63) is 0 Å². The van der Waals surface area contributed by atoms with Crippen LogP contribution in [0.3, 0.4) is 0 Å². The van der Waals surface area contributed by atoms with Gasteiger partial charge in [0, 0.05) is 6.72 Å². The SMILES string of the molecule is C=NN(C(C)=NC=N)C1CC1. The summed E-state index contributed by atoms with van der Waals surface area (Å²) in [6.07, 6.45) is 3.34. The lowest BCUT2D eigenvalue weighted by Crippen LogP contribution is -2.25. The molecular weight excluding hydrogens is 140 g/mol. The summed E-state index contributed by atoms with van der Waals surface area (Å²) in [5.74, 6) is 0.748. The van der Waals surface area contributed by atoms with Crippen LogP contribution in [0.1, 0.15) is 19.8 Å². The lowest BCUT2D eigenvalue weighted by atomic mass is 10.5. The van der Waals surface area contributed by atoms with Crippen LogP contribution in [0.15, 0.2) is 10.1 Å². The van der Waals surface area contributed by atoms with Gasteiger partial charge in [-0.15, -0.1) is 0 Å². The number of rotatable bonds is 3. The van der Waals surface area contributed by atoms with Crippen LogP contribution < -0.4 is 0 Å². The largest absolute Gasteiger partial charge is 0.289 e. The van der Waals surface area contributed by atoms with Crippen LogP contribution >= 0.6 is 0 Å². The van der Waals surface area contributed by atoms with E-state index in [9.17, 15) is 0 Å². The first-order valence-corrected chi connectivity index (χ1v) is 3.59. The molecule has 1 saturated carbocycles. The molecule has 0 aromatic heterocycles. The van der Waals surface area contributed by atoms with Crippen molar-refractivity contribution >= 4 is 18.9 Å². The molecule has 1 fully saturated rings. The minimum atomic E-state index is 0.483. The van der Waals surface area contributed by atoms with Gasteiger partial charge in [0.2, 0.25) is 0 Å². The predicted octanol–water partition coefficient (Wildman–Crippen LogP) is 1.09. The maximum atomic E-state index is 6.76. The molecule has 1 N–H and O–H groups in total. The maximum Gasteiger partial charge on any atom is 0.124 e. The zero-order valence-electron chi connectivity index (χ0n) is 6.62. The molecule has 0 saturated heterocycles. The minimum Gasteiger partial charge on any atom is -0.289 e. The third kappa shape index (κ3) is 1.86. The van der Waals surface area contributed by atoms with Gasteiger partial charge in [0.15, 0.2) is 0 Å². The van der Waals surface area contributed by atoms with E-state index in [-0.39, 0.29) is 0 Å². The topological polar surface area (TPSA) is 51.8 Å². The van der Waals surface area contributed by atoms with Crippen LogP contribution in [0.25, 0.3) is 0 Å². The van der Waals surface area contributed by atoms with Crippen LogP contribution in [0.5, 0.6) is 0 Å². The van der Waals surface area contributed by atoms with Crippen LogP contribution in [0, 0.1) is 5.41 Å². The van der Waals surface area contributed by atoms with E-state index in [1.807, 2.05) is 6.92 Å². The van der Waals surface area contributed by atoms with E-state index in [0.29, 0.717) is 6.04 Å². The van der Waals surface area contributed by atoms with Crippen molar-refractivity contribution in [2.24, 2.45) is 10.1 Å². The van der Waals surface area contributed by atoms with Crippen molar-refractivity contribution in [2.45, 2.75) is 25.8 Å². The Bertz CT molecular complexity index is 193. The minimum absolute atomic E-state index is 0.483. The molecule has 0 spiro atoms. The summed E-state index contributed by atoms with van der Waals surface area (Å²) in [5.41, 5.74) is 0. The van der Waals surface area contributed by atoms with Crippen LogP contribution in [0.4, 0.5) is 0 Å². The average molecular weight is 152 g/mol. The highest BCUT2D eigenvalue weighted by atomic mass is 15.5. The summed E-state index contributed by atoms with van der Waals surface area (Å²) in [7, 11) is 0. The van der Waals surface area contributed by atoms with Gasteiger partial charge in [-0.05, 0) is 19.8 Å². The standard InChI is InChI=1S/C7H12N4/c1-6(10-5-8)11(9-2)7-3-4-7/h5,7-8H,2-4H2,1H3. The molecule has 60 valence electrons.